The molecule has 3 aromatic heterocycles. The number of pyridine rings is 1. The Balaban J connectivity index is 1.74. The first-order valence-electron chi connectivity index (χ1n) is 9.18. The fourth-order valence-corrected chi connectivity index (χ4v) is 3.24. The van der Waals surface area contributed by atoms with E-state index in [1.807, 2.05) is 56.4 Å². The first-order valence-corrected chi connectivity index (χ1v) is 9.18. The summed E-state index contributed by atoms with van der Waals surface area (Å²) in [5.74, 6) is 2.80. The van der Waals surface area contributed by atoms with Crippen LogP contribution in [-0.2, 0) is 6.54 Å². The molecule has 0 saturated carbocycles. The summed E-state index contributed by atoms with van der Waals surface area (Å²) in [5, 5.41) is 4.38. The van der Waals surface area contributed by atoms with E-state index >= 15 is 0 Å². The lowest BCUT2D eigenvalue weighted by Crippen LogP contribution is -2.06. The summed E-state index contributed by atoms with van der Waals surface area (Å²) in [6, 6.07) is 11.8. The normalized spacial score (nSPS) is 10.9. The lowest BCUT2D eigenvalue weighted by atomic mass is 10.1. The molecule has 4 rings (SSSR count). The van der Waals surface area contributed by atoms with Crippen LogP contribution in [0.3, 0.4) is 0 Å². The Hall–Kier alpha value is -3.61. The molecule has 0 radical (unpaired) electrons. The van der Waals surface area contributed by atoms with Crippen LogP contribution < -0.4 is 15.8 Å². The number of nitrogens with two attached hydrogens (primary N) is 1. The molecule has 4 N–H and O–H groups in total. The van der Waals surface area contributed by atoms with E-state index in [4.69, 9.17) is 10.5 Å². The highest BCUT2D eigenvalue weighted by molar-refractivity contribution is 6.01. The van der Waals surface area contributed by atoms with Gasteiger partial charge in [-0.25, -0.2) is 15.0 Å². The lowest BCUT2D eigenvalue weighted by molar-refractivity contribution is 0.337. The highest BCUT2D eigenvalue weighted by atomic mass is 16.5. The molecule has 28 heavy (non-hydrogen) atoms. The predicted octanol–water partition coefficient (Wildman–Crippen LogP) is 3.92. The lowest BCUT2D eigenvalue weighted by Gasteiger charge is -2.13. The second-order valence-corrected chi connectivity index (χ2v) is 6.41. The van der Waals surface area contributed by atoms with E-state index in [9.17, 15) is 0 Å². The Labute approximate surface area is 163 Å². The number of para-hydroxylation sites is 1. The molecule has 0 amide bonds. The van der Waals surface area contributed by atoms with Crippen LogP contribution in [0.25, 0.3) is 22.2 Å². The Morgan fingerprint density at radius 1 is 1.18 bits per heavy atom. The number of anilines is 2. The Morgan fingerprint density at radius 3 is 2.86 bits per heavy atom. The molecular weight excluding hydrogens is 352 g/mol. The number of nitrogens with zero attached hydrogens (tertiary/aromatic N) is 3. The molecule has 0 atom stereocenters. The summed E-state index contributed by atoms with van der Waals surface area (Å²) in [5.41, 5.74) is 9.65. The largest absolute Gasteiger partial charge is 0.494 e. The summed E-state index contributed by atoms with van der Waals surface area (Å²) in [4.78, 5) is 16.5. The number of nitrogen functional groups attached to an aromatic ring is 1. The van der Waals surface area contributed by atoms with Gasteiger partial charge in [0.05, 0.1) is 12.0 Å². The van der Waals surface area contributed by atoms with Gasteiger partial charge in [-0.1, -0.05) is 18.2 Å². The standard InChI is InChI=1S/C21H22N6O/c1-3-28-17-7-5-4-6-15(17)11-24-20-19-16(14-8-9-23-18(22)10-14)12-25-21(19)27-13(2)26-20/h4-10,12H,3,11H2,1-2H3,(H2,22,23)(H2,24,25,26,27). The molecule has 3 heterocycles. The molecule has 7 nitrogen and oxygen atoms in total. The second-order valence-electron chi connectivity index (χ2n) is 6.41. The number of ether oxygens (including phenoxy) is 1. The van der Waals surface area contributed by atoms with E-state index in [-0.39, 0.29) is 0 Å². The number of aromatic nitrogens is 4. The third kappa shape index (κ3) is 3.46. The van der Waals surface area contributed by atoms with Gasteiger partial charge in [0.2, 0.25) is 0 Å². The van der Waals surface area contributed by atoms with Gasteiger partial charge in [0, 0.05) is 30.1 Å². The molecule has 142 valence electrons. The first-order chi connectivity index (χ1) is 13.7. The van der Waals surface area contributed by atoms with Crippen LogP contribution in [0.4, 0.5) is 11.6 Å². The number of rotatable bonds is 6. The minimum Gasteiger partial charge on any atom is -0.494 e. The van der Waals surface area contributed by atoms with Gasteiger partial charge in [0.15, 0.2) is 0 Å². The maximum Gasteiger partial charge on any atom is 0.143 e. The van der Waals surface area contributed by atoms with Crippen molar-refractivity contribution in [2.75, 3.05) is 17.7 Å². The highest BCUT2D eigenvalue weighted by Crippen LogP contribution is 2.33. The Bertz CT molecular complexity index is 1120. The van der Waals surface area contributed by atoms with Gasteiger partial charge in [-0.05, 0) is 37.6 Å². The van der Waals surface area contributed by atoms with Gasteiger partial charge in [-0.15, -0.1) is 0 Å². The Morgan fingerprint density at radius 2 is 2.04 bits per heavy atom. The summed E-state index contributed by atoms with van der Waals surface area (Å²) < 4.78 is 5.73. The van der Waals surface area contributed by atoms with E-state index in [2.05, 4.69) is 25.3 Å². The molecule has 0 bridgehead atoms. The monoisotopic (exact) mass is 374 g/mol. The zero-order chi connectivity index (χ0) is 19.5. The van der Waals surface area contributed by atoms with Crippen LogP contribution in [-0.4, -0.2) is 26.5 Å². The minimum absolute atomic E-state index is 0.472. The van der Waals surface area contributed by atoms with Crippen LogP contribution in [0.5, 0.6) is 5.75 Å². The zero-order valence-electron chi connectivity index (χ0n) is 15.9. The van der Waals surface area contributed by atoms with E-state index in [1.54, 1.807) is 6.20 Å². The number of fused-ring (bicyclic) bond motifs is 1. The number of hydrogen-bond donors (Lipinski definition) is 3. The summed E-state index contributed by atoms with van der Waals surface area (Å²) in [7, 11) is 0. The average molecular weight is 374 g/mol. The third-order valence-corrected chi connectivity index (χ3v) is 4.45. The summed E-state index contributed by atoms with van der Waals surface area (Å²) in [6.45, 7) is 5.07. The third-order valence-electron chi connectivity index (χ3n) is 4.45. The van der Waals surface area contributed by atoms with Crippen LogP contribution in [0.2, 0.25) is 0 Å². The van der Waals surface area contributed by atoms with Gasteiger partial charge >= 0.3 is 0 Å². The SMILES string of the molecule is CCOc1ccccc1CNc1nc(C)nc2[nH]cc(-c3ccnc(N)c3)c12. The molecule has 0 aliphatic heterocycles. The van der Waals surface area contributed by atoms with E-state index in [0.717, 1.165) is 39.3 Å². The topological polar surface area (TPSA) is 102 Å². The molecule has 0 aliphatic carbocycles. The van der Waals surface area contributed by atoms with Gasteiger partial charge in [-0.3, -0.25) is 0 Å². The molecule has 7 heteroatoms. The molecule has 0 saturated heterocycles. The van der Waals surface area contributed by atoms with Crippen LogP contribution >= 0.6 is 0 Å². The highest BCUT2D eigenvalue weighted by Gasteiger charge is 2.15. The zero-order valence-corrected chi connectivity index (χ0v) is 15.9. The van der Waals surface area contributed by atoms with Crippen molar-refractivity contribution in [1.82, 2.24) is 19.9 Å². The van der Waals surface area contributed by atoms with Crippen molar-refractivity contribution in [3.8, 4) is 16.9 Å². The number of aryl methyl sites for hydroxylation is 1. The molecule has 0 fully saturated rings. The molecule has 4 aromatic rings. The Kier molecular flexibility index (Phi) is 4.80. The molecule has 0 unspecified atom stereocenters. The number of aromatic amines is 1. The summed E-state index contributed by atoms with van der Waals surface area (Å²) in [6.07, 6.45) is 3.62. The van der Waals surface area contributed by atoms with E-state index in [0.29, 0.717) is 24.8 Å². The number of H-pyrrole nitrogens is 1. The molecule has 0 spiro atoms. The van der Waals surface area contributed by atoms with Crippen LogP contribution in [0.15, 0.2) is 48.8 Å². The number of nitrogens with one attached hydrogen (secondary N) is 2. The maximum atomic E-state index is 5.87. The summed E-state index contributed by atoms with van der Waals surface area (Å²) >= 11 is 0. The number of benzene rings is 1. The minimum atomic E-state index is 0.472. The second kappa shape index (κ2) is 7.56. The van der Waals surface area contributed by atoms with Crippen molar-refractivity contribution in [1.29, 1.82) is 0 Å². The van der Waals surface area contributed by atoms with Crippen molar-refractivity contribution in [3.63, 3.8) is 0 Å². The maximum absolute atomic E-state index is 5.87. The molecule has 1 aromatic carbocycles. The van der Waals surface area contributed by atoms with E-state index in [1.165, 1.54) is 0 Å². The quantitative estimate of drug-likeness (QED) is 0.473. The van der Waals surface area contributed by atoms with Crippen molar-refractivity contribution in [2.45, 2.75) is 20.4 Å². The van der Waals surface area contributed by atoms with Gasteiger partial charge in [-0.2, -0.15) is 0 Å². The van der Waals surface area contributed by atoms with Crippen molar-refractivity contribution >= 4 is 22.7 Å². The predicted molar refractivity (Wildman–Crippen MR) is 111 cm³/mol. The van der Waals surface area contributed by atoms with E-state index < -0.39 is 0 Å². The van der Waals surface area contributed by atoms with Crippen LogP contribution in [0.1, 0.15) is 18.3 Å². The fourth-order valence-electron chi connectivity index (χ4n) is 3.24. The van der Waals surface area contributed by atoms with Gasteiger partial charge < -0.3 is 20.8 Å². The fraction of sp³-hybridized carbons (Fsp3) is 0.190. The first kappa shape index (κ1) is 17.8. The molecular formula is C21H22N6O. The molecule has 0 aliphatic rings. The van der Waals surface area contributed by atoms with Crippen molar-refractivity contribution in [2.24, 2.45) is 0 Å². The van der Waals surface area contributed by atoms with Gasteiger partial charge in [0.1, 0.15) is 28.9 Å². The van der Waals surface area contributed by atoms with Gasteiger partial charge in [0.25, 0.3) is 0 Å². The number of hydrogen-bond acceptors (Lipinski definition) is 6. The van der Waals surface area contributed by atoms with Crippen molar-refractivity contribution in [3.05, 3.63) is 60.2 Å². The average Bonchev–Trinajstić information content (AvgIpc) is 3.11. The van der Waals surface area contributed by atoms with Crippen molar-refractivity contribution < 1.29 is 4.74 Å². The smallest absolute Gasteiger partial charge is 0.143 e. The van der Waals surface area contributed by atoms with Crippen LogP contribution in [0, 0.1) is 6.92 Å².